The van der Waals surface area contributed by atoms with E-state index in [0.29, 0.717) is 10.6 Å². The molecule has 0 aliphatic heterocycles. The van der Waals surface area contributed by atoms with E-state index in [4.69, 9.17) is 17.0 Å². The Morgan fingerprint density at radius 2 is 2.00 bits per heavy atom. The summed E-state index contributed by atoms with van der Waals surface area (Å²) in [6.07, 6.45) is 3.81. The fraction of sp³-hybridized carbons (Fsp3) is 0.294. The molecule has 0 radical (unpaired) electrons. The van der Waals surface area contributed by atoms with E-state index in [2.05, 4.69) is 26.6 Å². The average molecular weight is 461 g/mol. The van der Waals surface area contributed by atoms with Crippen molar-refractivity contribution in [3.8, 4) is 0 Å². The number of carbonyl (C=O) groups is 1. The number of esters is 1. The fourth-order valence-electron chi connectivity index (χ4n) is 2.88. The van der Waals surface area contributed by atoms with Crippen LogP contribution in [-0.2, 0) is 17.6 Å². The molecule has 1 aliphatic carbocycles. The standard InChI is InChI=1S/C17H15BrF2N2O2S2/c1-24-16(23)13-9-4-2-3-5-12(9)26-15(13)22-17(25)21-14-10(18)6-8(19)7-11(14)20/h6-7H,2-5H2,1H3,(H2,21,22,25). The smallest absolute Gasteiger partial charge is 0.341 e. The minimum atomic E-state index is -0.778. The van der Waals surface area contributed by atoms with Crippen LogP contribution in [0.15, 0.2) is 16.6 Å². The van der Waals surface area contributed by atoms with Crippen LogP contribution in [0.5, 0.6) is 0 Å². The van der Waals surface area contributed by atoms with E-state index in [1.54, 1.807) is 0 Å². The zero-order chi connectivity index (χ0) is 18.8. The summed E-state index contributed by atoms with van der Waals surface area (Å²) in [6.45, 7) is 0. The van der Waals surface area contributed by atoms with Crippen molar-refractivity contribution in [3.63, 3.8) is 0 Å². The Morgan fingerprint density at radius 3 is 2.69 bits per heavy atom. The summed E-state index contributed by atoms with van der Waals surface area (Å²) in [6, 6.07) is 1.90. The molecule has 26 heavy (non-hydrogen) atoms. The minimum Gasteiger partial charge on any atom is -0.465 e. The quantitative estimate of drug-likeness (QED) is 0.482. The Hall–Kier alpha value is -1.58. The largest absolute Gasteiger partial charge is 0.465 e. The highest BCUT2D eigenvalue weighted by atomic mass is 79.9. The van der Waals surface area contributed by atoms with Crippen molar-refractivity contribution in [3.05, 3.63) is 44.2 Å². The molecule has 0 unspecified atom stereocenters. The van der Waals surface area contributed by atoms with E-state index in [0.717, 1.165) is 48.3 Å². The van der Waals surface area contributed by atoms with Crippen LogP contribution in [0.4, 0.5) is 19.5 Å². The summed E-state index contributed by atoms with van der Waals surface area (Å²) in [5.74, 6) is -1.90. The topological polar surface area (TPSA) is 50.4 Å². The van der Waals surface area contributed by atoms with Gasteiger partial charge in [-0.3, -0.25) is 0 Å². The number of ether oxygens (including phenoxy) is 1. The molecule has 0 bridgehead atoms. The van der Waals surface area contributed by atoms with E-state index in [-0.39, 0.29) is 15.3 Å². The van der Waals surface area contributed by atoms with Crippen molar-refractivity contribution in [2.75, 3.05) is 17.7 Å². The summed E-state index contributed by atoms with van der Waals surface area (Å²) >= 11 is 9.80. The maximum absolute atomic E-state index is 14.0. The average Bonchev–Trinajstić information content (AvgIpc) is 2.95. The van der Waals surface area contributed by atoms with Gasteiger partial charge >= 0.3 is 5.97 Å². The lowest BCUT2D eigenvalue weighted by Crippen LogP contribution is -2.21. The van der Waals surface area contributed by atoms with Crippen molar-refractivity contribution < 1.29 is 18.3 Å². The molecule has 2 N–H and O–H groups in total. The third-order valence-corrected chi connectivity index (χ3v) is 6.07. The molecule has 4 nitrogen and oxygen atoms in total. The number of hydrogen-bond donors (Lipinski definition) is 2. The number of nitrogens with one attached hydrogen (secondary N) is 2. The maximum atomic E-state index is 14.0. The van der Waals surface area contributed by atoms with Gasteiger partial charge in [-0.2, -0.15) is 0 Å². The number of aryl methyl sites for hydroxylation is 1. The Morgan fingerprint density at radius 1 is 1.27 bits per heavy atom. The first-order chi connectivity index (χ1) is 12.4. The lowest BCUT2D eigenvalue weighted by Gasteiger charge is -2.13. The third-order valence-electron chi connectivity index (χ3n) is 4.03. The van der Waals surface area contributed by atoms with Crippen LogP contribution in [0.1, 0.15) is 33.6 Å². The first-order valence-electron chi connectivity index (χ1n) is 7.86. The predicted molar refractivity (Wildman–Crippen MR) is 106 cm³/mol. The lowest BCUT2D eigenvalue weighted by atomic mass is 9.95. The molecule has 0 atom stereocenters. The second-order valence-corrected chi connectivity index (χ2v) is 8.10. The van der Waals surface area contributed by atoms with Crippen molar-refractivity contribution in [2.24, 2.45) is 0 Å². The molecule has 1 aliphatic rings. The summed E-state index contributed by atoms with van der Waals surface area (Å²) in [7, 11) is 1.33. The van der Waals surface area contributed by atoms with Gasteiger partial charge in [0.2, 0.25) is 0 Å². The fourth-order valence-corrected chi connectivity index (χ4v) is 4.94. The van der Waals surface area contributed by atoms with Gasteiger partial charge in [0.15, 0.2) is 10.9 Å². The molecule has 138 valence electrons. The van der Waals surface area contributed by atoms with Crippen LogP contribution in [0.3, 0.4) is 0 Å². The lowest BCUT2D eigenvalue weighted by molar-refractivity contribution is 0.0601. The monoisotopic (exact) mass is 460 g/mol. The van der Waals surface area contributed by atoms with E-state index >= 15 is 0 Å². The highest BCUT2D eigenvalue weighted by molar-refractivity contribution is 9.10. The van der Waals surface area contributed by atoms with Crippen LogP contribution < -0.4 is 10.6 Å². The number of methoxy groups -OCH3 is 1. The third kappa shape index (κ3) is 3.89. The van der Waals surface area contributed by atoms with Crippen molar-refractivity contribution in [1.82, 2.24) is 0 Å². The summed E-state index contributed by atoms with van der Waals surface area (Å²) in [4.78, 5) is 13.4. The van der Waals surface area contributed by atoms with Gasteiger partial charge in [-0.1, -0.05) is 0 Å². The zero-order valence-corrected chi connectivity index (χ0v) is 17.0. The van der Waals surface area contributed by atoms with Crippen LogP contribution in [0.25, 0.3) is 0 Å². The van der Waals surface area contributed by atoms with Gasteiger partial charge in [0, 0.05) is 15.4 Å². The number of thiophene rings is 1. The highest BCUT2D eigenvalue weighted by Crippen LogP contribution is 2.38. The Kier molecular flexibility index (Phi) is 5.89. The second-order valence-electron chi connectivity index (χ2n) is 5.73. The SMILES string of the molecule is COC(=O)c1c(NC(=S)Nc2c(F)cc(F)cc2Br)sc2c1CCCC2. The molecule has 2 aromatic rings. The predicted octanol–water partition coefficient (Wildman–Crippen LogP) is 5.26. The van der Waals surface area contributed by atoms with Crippen molar-refractivity contribution in [1.29, 1.82) is 0 Å². The van der Waals surface area contributed by atoms with Gasteiger partial charge in [0.05, 0.1) is 18.4 Å². The molecule has 0 saturated heterocycles. The Balaban J connectivity index is 1.86. The van der Waals surface area contributed by atoms with E-state index < -0.39 is 17.6 Å². The Labute approximate surface area is 167 Å². The molecule has 0 spiro atoms. The molecule has 1 aromatic carbocycles. The number of anilines is 2. The minimum absolute atomic E-state index is 0.0184. The van der Waals surface area contributed by atoms with Gasteiger partial charge in [-0.25, -0.2) is 13.6 Å². The highest BCUT2D eigenvalue weighted by Gasteiger charge is 2.26. The molecule has 9 heteroatoms. The molecular formula is C17H15BrF2N2O2S2. The number of hydrogen-bond acceptors (Lipinski definition) is 4. The van der Waals surface area contributed by atoms with Gasteiger partial charge in [-0.05, 0) is 65.5 Å². The number of thiocarbonyl (C=S) groups is 1. The molecule has 0 fully saturated rings. The van der Waals surface area contributed by atoms with E-state index in [1.165, 1.54) is 18.4 Å². The van der Waals surface area contributed by atoms with Crippen molar-refractivity contribution in [2.45, 2.75) is 25.7 Å². The molecular weight excluding hydrogens is 446 g/mol. The number of halogens is 3. The second kappa shape index (κ2) is 7.98. The molecule has 0 amide bonds. The molecule has 0 saturated carbocycles. The first kappa shape index (κ1) is 19.2. The Bertz CT molecular complexity index is 863. The molecule has 1 aromatic heterocycles. The van der Waals surface area contributed by atoms with Crippen LogP contribution in [-0.4, -0.2) is 18.2 Å². The summed E-state index contributed by atoms with van der Waals surface area (Å²) in [5.41, 5.74) is 1.49. The zero-order valence-electron chi connectivity index (χ0n) is 13.8. The van der Waals surface area contributed by atoms with Gasteiger partial charge in [-0.15, -0.1) is 11.3 Å². The van der Waals surface area contributed by atoms with Crippen LogP contribution in [0.2, 0.25) is 0 Å². The number of fused-ring (bicyclic) bond motifs is 1. The summed E-state index contributed by atoms with van der Waals surface area (Å²) in [5, 5.41) is 6.33. The van der Waals surface area contributed by atoms with E-state index in [9.17, 15) is 13.6 Å². The molecule has 1 heterocycles. The normalized spacial score (nSPS) is 13.1. The van der Waals surface area contributed by atoms with Gasteiger partial charge in [0.25, 0.3) is 0 Å². The number of rotatable bonds is 3. The summed E-state index contributed by atoms with van der Waals surface area (Å²) < 4.78 is 32.3. The number of carbonyl (C=O) groups excluding carboxylic acids is 1. The van der Waals surface area contributed by atoms with E-state index in [1.807, 2.05) is 0 Å². The van der Waals surface area contributed by atoms with Crippen molar-refractivity contribution >= 4 is 61.3 Å². The van der Waals surface area contributed by atoms with Gasteiger partial charge in [0.1, 0.15) is 10.8 Å². The first-order valence-corrected chi connectivity index (χ1v) is 9.88. The molecule has 3 rings (SSSR count). The van der Waals surface area contributed by atoms with Gasteiger partial charge < -0.3 is 15.4 Å². The van der Waals surface area contributed by atoms with Crippen LogP contribution in [0, 0.1) is 11.6 Å². The van der Waals surface area contributed by atoms with Crippen LogP contribution >= 0.6 is 39.5 Å². The number of benzene rings is 1. The maximum Gasteiger partial charge on any atom is 0.341 e.